The molecule has 1 aliphatic heterocycles. The summed E-state index contributed by atoms with van der Waals surface area (Å²) >= 11 is 4.98. The minimum absolute atomic E-state index is 0.0586. The number of aromatic nitrogens is 1. The molecule has 0 bridgehead atoms. The first kappa shape index (κ1) is 21.2. The third-order valence-corrected chi connectivity index (χ3v) is 6.69. The minimum atomic E-state index is -0.0586. The van der Waals surface area contributed by atoms with Gasteiger partial charge in [-0.15, -0.1) is 11.3 Å². The van der Waals surface area contributed by atoms with Crippen LogP contribution in [-0.2, 0) is 17.8 Å². The van der Waals surface area contributed by atoms with Gasteiger partial charge in [0.25, 0.3) is 0 Å². The summed E-state index contributed by atoms with van der Waals surface area (Å²) < 4.78 is 0.985. The summed E-state index contributed by atoms with van der Waals surface area (Å²) in [5.41, 5.74) is 4.01. The molecule has 2 aromatic carbocycles. The van der Waals surface area contributed by atoms with Gasteiger partial charge >= 0.3 is 0 Å². The molecule has 0 radical (unpaired) electrons. The van der Waals surface area contributed by atoms with E-state index in [0.29, 0.717) is 0 Å². The van der Waals surface area contributed by atoms with E-state index in [1.165, 1.54) is 5.56 Å². The largest absolute Gasteiger partial charge is 0.326 e. The SMILES string of the molecule is CN1CCN(Cc2ccc(-c3nc(CC(=O)Nc4ccc(Br)cc4)cs3)cc2)CC1. The van der Waals surface area contributed by atoms with Gasteiger partial charge < -0.3 is 10.2 Å². The number of piperazine rings is 1. The Morgan fingerprint density at radius 1 is 1.07 bits per heavy atom. The van der Waals surface area contributed by atoms with Gasteiger partial charge in [0.1, 0.15) is 5.01 Å². The van der Waals surface area contributed by atoms with Crippen LogP contribution in [0.25, 0.3) is 10.6 Å². The predicted molar refractivity (Wildman–Crippen MR) is 127 cm³/mol. The van der Waals surface area contributed by atoms with Gasteiger partial charge in [0, 0.05) is 53.8 Å². The number of halogens is 1. The molecule has 0 saturated carbocycles. The maximum atomic E-state index is 12.3. The van der Waals surface area contributed by atoms with Crippen molar-refractivity contribution >= 4 is 38.9 Å². The number of hydrogen-bond donors (Lipinski definition) is 1. The molecular formula is C23H25BrN4OS. The van der Waals surface area contributed by atoms with E-state index in [1.54, 1.807) is 11.3 Å². The van der Waals surface area contributed by atoms with Crippen molar-refractivity contribution in [3.8, 4) is 10.6 Å². The Bertz CT molecular complexity index is 979. The number of likely N-dealkylation sites (N-methyl/N-ethyl adjacent to an activating group) is 1. The van der Waals surface area contributed by atoms with Gasteiger partial charge in [-0.3, -0.25) is 9.69 Å². The zero-order chi connectivity index (χ0) is 20.9. The number of carbonyl (C=O) groups is 1. The number of anilines is 1. The summed E-state index contributed by atoms with van der Waals surface area (Å²) in [5.74, 6) is -0.0586. The molecule has 0 atom stereocenters. The second kappa shape index (κ2) is 9.83. The number of nitrogens with zero attached hydrogens (tertiary/aromatic N) is 3. The van der Waals surface area contributed by atoms with Crippen molar-refractivity contribution in [2.24, 2.45) is 0 Å². The molecule has 0 unspecified atom stereocenters. The van der Waals surface area contributed by atoms with E-state index in [0.717, 1.165) is 59.1 Å². The Labute approximate surface area is 189 Å². The zero-order valence-corrected chi connectivity index (χ0v) is 19.4. The van der Waals surface area contributed by atoms with Crippen molar-refractivity contribution in [1.29, 1.82) is 0 Å². The molecule has 156 valence electrons. The first-order valence-corrected chi connectivity index (χ1v) is 11.7. The van der Waals surface area contributed by atoms with Crippen LogP contribution in [0.5, 0.6) is 0 Å². The topological polar surface area (TPSA) is 48.5 Å². The maximum absolute atomic E-state index is 12.3. The van der Waals surface area contributed by atoms with Gasteiger partial charge in [-0.25, -0.2) is 4.98 Å². The van der Waals surface area contributed by atoms with Crippen LogP contribution in [0.2, 0.25) is 0 Å². The summed E-state index contributed by atoms with van der Waals surface area (Å²) in [7, 11) is 2.18. The smallest absolute Gasteiger partial charge is 0.230 e. The Morgan fingerprint density at radius 2 is 1.77 bits per heavy atom. The molecule has 0 aliphatic carbocycles. The minimum Gasteiger partial charge on any atom is -0.326 e. The molecule has 1 aromatic heterocycles. The van der Waals surface area contributed by atoms with Crippen LogP contribution in [0.1, 0.15) is 11.3 Å². The summed E-state index contributed by atoms with van der Waals surface area (Å²) in [5, 5.41) is 5.83. The second-order valence-electron chi connectivity index (χ2n) is 7.65. The van der Waals surface area contributed by atoms with Crippen molar-refractivity contribution in [3.05, 3.63) is 69.6 Å². The number of carbonyl (C=O) groups excluding carboxylic acids is 1. The molecule has 1 aliphatic rings. The first-order chi connectivity index (χ1) is 14.5. The van der Waals surface area contributed by atoms with E-state index in [2.05, 4.69) is 67.3 Å². The lowest BCUT2D eigenvalue weighted by Crippen LogP contribution is -2.43. The van der Waals surface area contributed by atoms with Gasteiger partial charge in [0.2, 0.25) is 5.91 Å². The lowest BCUT2D eigenvalue weighted by molar-refractivity contribution is -0.115. The molecule has 1 N–H and O–H groups in total. The number of rotatable bonds is 6. The van der Waals surface area contributed by atoms with E-state index in [1.807, 2.05) is 29.6 Å². The highest BCUT2D eigenvalue weighted by Gasteiger charge is 2.14. The van der Waals surface area contributed by atoms with E-state index in [9.17, 15) is 4.79 Å². The number of thiazole rings is 1. The molecule has 4 rings (SSSR count). The normalized spacial score (nSPS) is 15.3. The molecule has 5 nitrogen and oxygen atoms in total. The zero-order valence-electron chi connectivity index (χ0n) is 17.0. The van der Waals surface area contributed by atoms with Gasteiger partial charge in [-0.1, -0.05) is 40.2 Å². The highest BCUT2D eigenvalue weighted by molar-refractivity contribution is 9.10. The first-order valence-electron chi connectivity index (χ1n) is 10.1. The van der Waals surface area contributed by atoms with Crippen molar-refractivity contribution < 1.29 is 4.79 Å². The summed E-state index contributed by atoms with van der Waals surface area (Å²) in [4.78, 5) is 21.8. The van der Waals surface area contributed by atoms with Crippen LogP contribution in [0.3, 0.4) is 0 Å². The maximum Gasteiger partial charge on any atom is 0.230 e. The van der Waals surface area contributed by atoms with Crippen molar-refractivity contribution in [3.63, 3.8) is 0 Å². The molecule has 3 aromatic rings. The lowest BCUT2D eigenvalue weighted by Gasteiger charge is -2.32. The third-order valence-electron chi connectivity index (χ3n) is 5.22. The average molecular weight is 485 g/mol. The quantitative estimate of drug-likeness (QED) is 0.559. The van der Waals surface area contributed by atoms with Crippen molar-refractivity contribution in [1.82, 2.24) is 14.8 Å². The monoisotopic (exact) mass is 484 g/mol. The fraction of sp³-hybridized carbons (Fsp3) is 0.304. The van der Waals surface area contributed by atoms with Crippen LogP contribution < -0.4 is 5.32 Å². The van der Waals surface area contributed by atoms with Crippen LogP contribution in [0.4, 0.5) is 5.69 Å². The van der Waals surface area contributed by atoms with Gasteiger partial charge in [-0.2, -0.15) is 0 Å². The molecule has 7 heteroatoms. The van der Waals surface area contributed by atoms with Crippen LogP contribution in [-0.4, -0.2) is 53.9 Å². The molecule has 1 saturated heterocycles. The summed E-state index contributed by atoms with van der Waals surface area (Å²) in [6.07, 6.45) is 0.272. The Balaban J connectivity index is 1.33. The average Bonchev–Trinajstić information content (AvgIpc) is 3.20. The van der Waals surface area contributed by atoms with Crippen LogP contribution in [0.15, 0.2) is 58.4 Å². The number of benzene rings is 2. The van der Waals surface area contributed by atoms with E-state index in [-0.39, 0.29) is 12.3 Å². The molecule has 30 heavy (non-hydrogen) atoms. The third kappa shape index (κ3) is 5.76. The fourth-order valence-corrected chi connectivity index (χ4v) is 4.53. The fourth-order valence-electron chi connectivity index (χ4n) is 3.44. The van der Waals surface area contributed by atoms with Gasteiger partial charge in [0.05, 0.1) is 12.1 Å². The van der Waals surface area contributed by atoms with E-state index < -0.39 is 0 Å². The number of nitrogens with one attached hydrogen (secondary N) is 1. The van der Waals surface area contributed by atoms with Gasteiger partial charge in [-0.05, 0) is 36.9 Å². The van der Waals surface area contributed by atoms with Crippen molar-refractivity contribution in [2.45, 2.75) is 13.0 Å². The molecular weight excluding hydrogens is 460 g/mol. The summed E-state index contributed by atoms with van der Waals surface area (Å²) in [6, 6.07) is 16.2. The number of amides is 1. The Hall–Kier alpha value is -2.06. The standard InChI is InChI=1S/C23H25BrN4OS/c1-27-10-12-28(13-11-27)15-17-2-4-18(5-3-17)23-26-21(16-30-23)14-22(29)25-20-8-6-19(24)7-9-20/h2-9,16H,10-15H2,1H3,(H,25,29). The Kier molecular flexibility index (Phi) is 6.94. The van der Waals surface area contributed by atoms with Crippen LogP contribution in [0, 0.1) is 0 Å². The second-order valence-corrected chi connectivity index (χ2v) is 9.43. The van der Waals surface area contributed by atoms with Crippen LogP contribution >= 0.6 is 27.3 Å². The van der Waals surface area contributed by atoms with E-state index >= 15 is 0 Å². The van der Waals surface area contributed by atoms with Crippen molar-refractivity contribution in [2.75, 3.05) is 38.5 Å². The van der Waals surface area contributed by atoms with E-state index in [4.69, 9.17) is 0 Å². The molecule has 1 amide bonds. The molecule has 1 fully saturated rings. The highest BCUT2D eigenvalue weighted by atomic mass is 79.9. The molecule has 0 spiro atoms. The highest BCUT2D eigenvalue weighted by Crippen LogP contribution is 2.25. The van der Waals surface area contributed by atoms with Gasteiger partial charge in [0.15, 0.2) is 0 Å². The lowest BCUT2D eigenvalue weighted by atomic mass is 10.1. The molecule has 2 heterocycles. The summed E-state index contributed by atoms with van der Waals surface area (Å²) in [6.45, 7) is 5.50. The predicted octanol–water partition coefficient (Wildman–Crippen LogP) is 4.50. The number of hydrogen-bond acceptors (Lipinski definition) is 5. The Morgan fingerprint density at radius 3 is 2.47 bits per heavy atom.